The summed E-state index contributed by atoms with van der Waals surface area (Å²) in [4.78, 5) is 3.97. The molecule has 4 heteroatoms. The smallest absolute Gasteiger partial charge is 0.0946 e. The van der Waals surface area contributed by atoms with E-state index in [0.29, 0.717) is 5.25 Å². The summed E-state index contributed by atoms with van der Waals surface area (Å²) in [5.41, 5.74) is 5.49. The summed E-state index contributed by atoms with van der Waals surface area (Å²) in [6.45, 7) is 3.93. The lowest BCUT2D eigenvalue weighted by molar-refractivity contribution is 0.768. The molecule has 1 aromatic rings. The Hall–Kier alpha value is -0.480. The average Bonchev–Trinajstić information content (AvgIpc) is 2.57. The minimum atomic E-state index is 0.563. The van der Waals surface area contributed by atoms with E-state index in [4.69, 9.17) is 5.73 Å². The van der Waals surface area contributed by atoms with Gasteiger partial charge in [0, 0.05) is 36.5 Å². The second-order valence-corrected chi connectivity index (χ2v) is 4.26. The van der Waals surface area contributed by atoms with E-state index in [-0.39, 0.29) is 0 Å². The molecule has 0 bridgehead atoms. The van der Waals surface area contributed by atoms with Crippen molar-refractivity contribution in [2.45, 2.75) is 18.7 Å². The summed E-state index contributed by atoms with van der Waals surface area (Å²) in [6, 6.07) is 0. The Labute approximate surface area is 77.4 Å². The summed E-state index contributed by atoms with van der Waals surface area (Å²) in [5, 5.41) is 0.563. The lowest BCUT2D eigenvalue weighted by Crippen LogP contribution is -2.14. The number of hydrogen-bond acceptors (Lipinski definition) is 3. The number of aromatic nitrogens is 2. The van der Waals surface area contributed by atoms with Crippen molar-refractivity contribution in [3.8, 4) is 0 Å². The lowest BCUT2D eigenvalue weighted by Gasteiger charge is -2.07. The van der Waals surface area contributed by atoms with Gasteiger partial charge in [0.05, 0.1) is 6.33 Å². The molecule has 1 rings (SSSR count). The predicted octanol–water partition coefficient (Wildman–Crippen LogP) is 0.963. The number of rotatable bonds is 5. The Bertz CT molecular complexity index is 198. The molecule has 0 saturated heterocycles. The van der Waals surface area contributed by atoms with E-state index in [1.807, 2.05) is 24.3 Å². The van der Waals surface area contributed by atoms with Crippen molar-refractivity contribution in [3.05, 3.63) is 18.7 Å². The first kappa shape index (κ1) is 9.61. The van der Waals surface area contributed by atoms with Gasteiger partial charge in [0.1, 0.15) is 0 Å². The zero-order valence-corrected chi connectivity index (χ0v) is 8.13. The van der Waals surface area contributed by atoms with Gasteiger partial charge in [0.2, 0.25) is 0 Å². The van der Waals surface area contributed by atoms with Crippen LogP contribution in [-0.2, 0) is 6.54 Å². The molecular formula is C8H15N3S. The van der Waals surface area contributed by atoms with Crippen LogP contribution in [0.25, 0.3) is 0 Å². The Balaban J connectivity index is 2.11. The van der Waals surface area contributed by atoms with Crippen LogP contribution in [0.1, 0.15) is 6.92 Å². The molecule has 1 atom stereocenters. The minimum absolute atomic E-state index is 0.563. The standard InChI is InChI=1S/C8H15N3S/c1-8(6-9)12-5-4-11-3-2-10-7-11/h2-3,7-8H,4-6,9H2,1H3. The zero-order valence-electron chi connectivity index (χ0n) is 7.31. The van der Waals surface area contributed by atoms with Crippen LogP contribution in [0.4, 0.5) is 0 Å². The summed E-state index contributed by atoms with van der Waals surface area (Å²) in [5.74, 6) is 1.11. The SMILES string of the molecule is CC(CN)SCCn1ccnc1. The van der Waals surface area contributed by atoms with Crippen molar-refractivity contribution in [3.63, 3.8) is 0 Å². The number of thioether (sulfide) groups is 1. The normalized spacial score (nSPS) is 13.2. The van der Waals surface area contributed by atoms with Gasteiger partial charge in [-0.25, -0.2) is 4.98 Å². The van der Waals surface area contributed by atoms with Crippen LogP contribution in [0.3, 0.4) is 0 Å². The number of imidazole rings is 1. The average molecular weight is 185 g/mol. The van der Waals surface area contributed by atoms with Crippen molar-refractivity contribution < 1.29 is 0 Å². The van der Waals surface area contributed by atoms with Crippen LogP contribution in [-0.4, -0.2) is 27.1 Å². The fraction of sp³-hybridized carbons (Fsp3) is 0.625. The lowest BCUT2D eigenvalue weighted by atomic mass is 10.5. The molecule has 0 radical (unpaired) electrons. The summed E-state index contributed by atoms with van der Waals surface area (Å²) in [7, 11) is 0. The molecule has 0 fully saturated rings. The molecule has 0 saturated carbocycles. The zero-order chi connectivity index (χ0) is 8.81. The van der Waals surface area contributed by atoms with Gasteiger partial charge in [-0.2, -0.15) is 11.8 Å². The molecule has 0 amide bonds. The molecule has 1 aromatic heterocycles. The van der Waals surface area contributed by atoms with Crippen LogP contribution >= 0.6 is 11.8 Å². The van der Waals surface area contributed by atoms with Gasteiger partial charge >= 0.3 is 0 Å². The van der Waals surface area contributed by atoms with Gasteiger partial charge in [0.15, 0.2) is 0 Å². The first-order valence-electron chi connectivity index (χ1n) is 4.10. The number of hydrogen-bond donors (Lipinski definition) is 1. The van der Waals surface area contributed by atoms with Crippen molar-refractivity contribution >= 4 is 11.8 Å². The Morgan fingerprint density at radius 3 is 3.08 bits per heavy atom. The molecule has 0 aliphatic heterocycles. The Morgan fingerprint density at radius 1 is 1.67 bits per heavy atom. The van der Waals surface area contributed by atoms with E-state index >= 15 is 0 Å². The second-order valence-electron chi connectivity index (χ2n) is 2.72. The highest BCUT2D eigenvalue weighted by Crippen LogP contribution is 2.08. The van der Waals surface area contributed by atoms with E-state index in [0.717, 1.165) is 18.8 Å². The minimum Gasteiger partial charge on any atom is -0.337 e. The molecule has 0 aliphatic rings. The van der Waals surface area contributed by atoms with Gasteiger partial charge in [0.25, 0.3) is 0 Å². The van der Waals surface area contributed by atoms with Crippen LogP contribution in [0.2, 0.25) is 0 Å². The van der Waals surface area contributed by atoms with Gasteiger partial charge in [-0.05, 0) is 0 Å². The van der Waals surface area contributed by atoms with Crippen molar-refractivity contribution in [1.29, 1.82) is 0 Å². The van der Waals surface area contributed by atoms with E-state index in [2.05, 4.69) is 16.5 Å². The number of nitrogens with two attached hydrogens (primary N) is 1. The van der Waals surface area contributed by atoms with Crippen LogP contribution in [0.15, 0.2) is 18.7 Å². The van der Waals surface area contributed by atoms with Crippen molar-refractivity contribution in [2.75, 3.05) is 12.3 Å². The van der Waals surface area contributed by atoms with E-state index in [9.17, 15) is 0 Å². The maximum Gasteiger partial charge on any atom is 0.0946 e. The summed E-state index contributed by atoms with van der Waals surface area (Å²) >= 11 is 1.90. The fourth-order valence-electron chi connectivity index (χ4n) is 0.846. The van der Waals surface area contributed by atoms with Crippen LogP contribution in [0.5, 0.6) is 0 Å². The number of aryl methyl sites for hydroxylation is 1. The first-order chi connectivity index (χ1) is 5.83. The van der Waals surface area contributed by atoms with Crippen LogP contribution in [0, 0.1) is 0 Å². The maximum atomic E-state index is 5.49. The van der Waals surface area contributed by atoms with E-state index < -0.39 is 0 Å². The summed E-state index contributed by atoms with van der Waals surface area (Å²) in [6.07, 6.45) is 5.62. The van der Waals surface area contributed by atoms with Crippen molar-refractivity contribution in [1.82, 2.24) is 9.55 Å². The summed E-state index contributed by atoms with van der Waals surface area (Å²) < 4.78 is 2.08. The van der Waals surface area contributed by atoms with E-state index in [1.54, 1.807) is 6.20 Å². The van der Waals surface area contributed by atoms with Gasteiger partial charge in [-0.3, -0.25) is 0 Å². The molecule has 0 aromatic carbocycles. The monoisotopic (exact) mass is 185 g/mol. The molecule has 1 unspecified atom stereocenters. The third-order valence-electron chi connectivity index (χ3n) is 1.64. The largest absolute Gasteiger partial charge is 0.337 e. The van der Waals surface area contributed by atoms with Gasteiger partial charge < -0.3 is 10.3 Å². The maximum absolute atomic E-state index is 5.49. The molecule has 12 heavy (non-hydrogen) atoms. The third-order valence-corrected chi connectivity index (χ3v) is 2.82. The van der Waals surface area contributed by atoms with Gasteiger partial charge in [-0.1, -0.05) is 6.92 Å². The Morgan fingerprint density at radius 2 is 2.50 bits per heavy atom. The predicted molar refractivity (Wildman–Crippen MR) is 53.2 cm³/mol. The first-order valence-corrected chi connectivity index (χ1v) is 5.15. The van der Waals surface area contributed by atoms with E-state index in [1.165, 1.54) is 0 Å². The Kier molecular flexibility index (Phi) is 4.18. The molecule has 1 heterocycles. The topological polar surface area (TPSA) is 43.8 Å². The highest BCUT2D eigenvalue weighted by atomic mass is 32.2. The molecule has 0 spiro atoms. The molecular weight excluding hydrogens is 170 g/mol. The van der Waals surface area contributed by atoms with Crippen molar-refractivity contribution in [2.24, 2.45) is 5.73 Å². The van der Waals surface area contributed by atoms with Crippen LogP contribution < -0.4 is 5.73 Å². The molecule has 2 N–H and O–H groups in total. The molecule has 68 valence electrons. The molecule has 0 aliphatic carbocycles. The van der Waals surface area contributed by atoms with Gasteiger partial charge in [-0.15, -0.1) is 0 Å². The highest BCUT2D eigenvalue weighted by Gasteiger charge is 1.98. The quantitative estimate of drug-likeness (QED) is 0.743. The third kappa shape index (κ3) is 3.28. The number of nitrogens with zero attached hydrogens (tertiary/aromatic N) is 2. The second kappa shape index (κ2) is 5.22. The fourth-order valence-corrected chi connectivity index (χ4v) is 1.70. The highest BCUT2D eigenvalue weighted by molar-refractivity contribution is 7.99. The molecule has 3 nitrogen and oxygen atoms in total.